The van der Waals surface area contributed by atoms with Gasteiger partial charge in [0, 0.05) is 27.9 Å². The smallest absolute Gasteiger partial charge is 0.152 e. The fraction of sp³-hybridized carbons (Fsp3) is 0.294. The number of aldehydes is 1. The van der Waals surface area contributed by atoms with Crippen LogP contribution in [0.1, 0.15) is 94.8 Å². The molecule has 4 aliphatic carbocycles. The molecule has 0 saturated heterocycles. The Morgan fingerprint density at radius 2 is 1.11 bits per heavy atom. The van der Waals surface area contributed by atoms with Gasteiger partial charge in [-0.15, -0.1) is 0 Å². The van der Waals surface area contributed by atoms with Gasteiger partial charge in [-0.25, -0.2) is 0 Å². The zero-order valence-electron chi connectivity index (χ0n) is 20.9. The van der Waals surface area contributed by atoms with E-state index in [2.05, 4.69) is 53.5 Å². The van der Waals surface area contributed by atoms with Gasteiger partial charge in [0.25, 0.3) is 0 Å². The highest BCUT2D eigenvalue weighted by molar-refractivity contribution is 6.09. The van der Waals surface area contributed by atoms with Crippen LogP contribution >= 0.6 is 0 Å². The first-order valence-corrected chi connectivity index (χ1v) is 13.8. The van der Waals surface area contributed by atoms with Gasteiger partial charge in [-0.05, 0) is 101 Å². The number of nitrogens with two attached hydrogens (primary N) is 1. The highest BCUT2D eigenvalue weighted by atomic mass is 16.1. The van der Waals surface area contributed by atoms with Crippen molar-refractivity contribution in [1.82, 2.24) is 4.98 Å². The van der Waals surface area contributed by atoms with Crippen molar-refractivity contribution in [3.8, 4) is 0 Å². The molecule has 4 bridgehead atoms. The van der Waals surface area contributed by atoms with Gasteiger partial charge in [0.05, 0.1) is 11.2 Å². The monoisotopic (exact) mass is 482 g/mol. The summed E-state index contributed by atoms with van der Waals surface area (Å²) in [5.41, 5.74) is 14.8. The van der Waals surface area contributed by atoms with Gasteiger partial charge in [0.15, 0.2) is 6.29 Å². The van der Waals surface area contributed by atoms with Gasteiger partial charge < -0.3 is 5.73 Å². The molecule has 5 aromatic rings. The molecule has 2 fully saturated rings. The van der Waals surface area contributed by atoms with Gasteiger partial charge >= 0.3 is 0 Å². The van der Waals surface area contributed by atoms with Crippen LogP contribution in [0.15, 0.2) is 66.9 Å². The predicted octanol–water partition coefficient (Wildman–Crippen LogP) is 8.35. The van der Waals surface area contributed by atoms with Crippen molar-refractivity contribution in [2.24, 2.45) is 0 Å². The van der Waals surface area contributed by atoms with E-state index in [1.807, 2.05) is 18.3 Å². The van der Waals surface area contributed by atoms with Crippen LogP contribution in [0.3, 0.4) is 0 Å². The van der Waals surface area contributed by atoms with Gasteiger partial charge in [0.2, 0.25) is 0 Å². The molecule has 182 valence electrons. The molecular formula is C34H30N2O. The van der Waals surface area contributed by atoms with Crippen LogP contribution in [-0.2, 0) is 0 Å². The summed E-state index contributed by atoms with van der Waals surface area (Å²) in [5, 5.41) is 6.51. The van der Waals surface area contributed by atoms with E-state index in [9.17, 15) is 4.79 Å². The Balaban J connectivity index is 0.000000117. The number of carbonyl (C=O) groups excluding carboxylic acids is 1. The van der Waals surface area contributed by atoms with E-state index >= 15 is 0 Å². The predicted molar refractivity (Wildman–Crippen MR) is 152 cm³/mol. The zero-order valence-corrected chi connectivity index (χ0v) is 20.9. The second-order valence-electron chi connectivity index (χ2n) is 11.5. The Bertz CT molecular complexity index is 1680. The molecule has 2 saturated carbocycles. The Hall–Kier alpha value is -3.72. The van der Waals surface area contributed by atoms with Gasteiger partial charge in [-0.1, -0.05) is 54.6 Å². The lowest BCUT2D eigenvalue weighted by Gasteiger charge is -2.21. The number of hydrogen-bond donors (Lipinski definition) is 1. The Kier molecular flexibility index (Phi) is 4.56. The second-order valence-corrected chi connectivity index (χ2v) is 11.5. The van der Waals surface area contributed by atoms with Crippen LogP contribution in [0, 0.1) is 0 Å². The summed E-state index contributed by atoms with van der Waals surface area (Å²) in [5.74, 6) is 2.80. The molecule has 37 heavy (non-hydrogen) atoms. The Morgan fingerprint density at radius 1 is 0.622 bits per heavy atom. The second kappa shape index (κ2) is 7.89. The zero-order chi connectivity index (χ0) is 24.7. The molecule has 4 aromatic carbocycles. The molecule has 1 aromatic heterocycles. The SMILES string of the molecule is Nc1c(C=O)c2c(c3ccccc13)[C@@H]1CC[C@H]2C1.c1ccc2c(c1)c1c(c3cccnc32)[C@H]2CC[C@@H]1C2. The van der Waals surface area contributed by atoms with Crippen LogP contribution in [0.4, 0.5) is 5.69 Å². The molecule has 2 N–H and O–H groups in total. The average molecular weight is 483 g/mol. The van der Waals surface area contributed by atoms with E-state index in [4.69, 9.17) is 5.73 Å². The maximum absolute atomic E-state index is 11.4. The number of aromatic nitrogens is 1. The van der Waals surface area contributed by atoms with Crippen molar-refractivity contribution in [1.29, 1.82) is 0 Å². The number of hydrogen-bond acceptors (Lipinski definition) is 3. The van der Waals surface area contributed by atoms with E-state index < -0.39 is 0 Å². The summed E-state index contributed by atoms with van der Waals surface area (Å²) in [6.45, 7) is 0. The summed E-state index contributed by atoms with van der Waals surface area (Å²) in [6.07, 6.45) is 10.7. The van der Waals surface area contributed by atoms with E-state index in [1.165, 1.54) is 76.7 Å². The Labute approximate surface area is 216 Å². The molecule has 9 rings (SSSR count). The van der Waals surface area contributed by atoms with Crippen molar-refractivity contribution in [3.63, 3.8) is 0 Å². The largest absolute Gasteiger partial charge is 0.398 e. The third-order valence-electron chi connectivity index (χ3n) is 9.85. The van der Waals surface area contributed by atoms with Gasteiger partial charge in [-0.3, -0.25) is 9.78 Å². The molecule has 3 heteroatoms. The van der Waals surface area contributed by atoms with Crippen LogP contribution in [0.5, 0.6) is 0 Å². The molecule has 3 nitrogen and oxygen atoms in total. The normalized spacial score (nSPS) is 24.3. The van der Waals surface area contributed by atoms with Crippen molar-refractivity contribution in [2.45, 2.75) is 62.2 Å². The topological polar surface area (TPSA) is 56.0 Å². The lowest BCUT2D eigenvalue weighted by molar-refractivity contribution is 0.112. The molecule has 0 aliphatic heterocycles. The highest BCUT2D eigenvalue weighted by Crippen LogP contribution is 2.58. The minimum atomic E-state index is 0.567. The summed E-state index contributed by atoms with van der Waals surface area (Å²) < 4.78 is 0. The average Bonchev–Trinajstić information content (AvgIpc) is 3.76. The maximum atomic E-state index is 11.4. The number of nitrogens with zero attached hydrogens (tertiary/aromatic N) is 1. The molecule has 0 radical (unpaired) electrons. The number of carbonyl (C=O) groups is 1. The van der Waals surface area contributed by atoms with Crippen LogP contribution in [-0.4, -0.2) is 11.3 Å². The molecular weight excluding hydrogens is 452 g/mol. The van der Waals surface area contributed by atoms with Crippen molar-refractivity contribution >= 4 is 44.4 Å². The van der Waals surface area contributed by atoms with Gasteiger partial charge in [0.1, 0.15) is 0 Å². The quantitative estimate of drug-likeness (QED) is 0.148. The van der Waals surface area contributed by atoms with Crippen molar-refractivity contribution in [2.75, 3.05) is 5.73 Å². The molecule has 0 amide bonds. The van der Waals surface area contributed by atoms with Crippen LogP contribution in [0.2, 0.25) is 0 Å². The molecule has 0 unspecified atom stereocenters. The number of anilines is 1. The van der Waals surface area contributed by atoms with E-state index in [0.717, 1.165) is 29.1 Å². The summed E-state index contributed by atoms with van der Waals surface area (Å²) in [7, 11) is 0. The standard InChI is InChI=1S/C18H15N.C16H15NO/c1-2-5-14-13(4-1)16-11-7-8-12(10-11)17(16)15-6-3-9-19-18(14)15;17-16-12-4-2-1-3-11(12)14-9-5-6-10(7-9)15(14)13(16)8-18/h1-6,9,11-12H,7-8,10H2;1-4,8-10H,5-7,17H2/t11-,12+;9-,10+/m11/s1. The lowest BCUT2D eigenvalue weighted by Crippen LogP contribution is -2.07. The maximum Gasteiger partial charge on any atom is 0.152 e. The third-order valence-corrected chi connectivity index (χ3v) is 9.85. The number of fused-ring (bicyclic) bond motifs is 17. The number of pyridine rings is 1. The number of rotatable bonds is 1. The molecule has 4 aliphatic rings. The number of benzene rings is 4. The van der Waals surface area contributed by atoms with Gasteiger partial charge in [-0.2, -0.15) is 0 Å². The molecule has 0 spiro atoms. The summed E-state index contributed by atoms with van der Waals surface area (Å²) in [6, 6.07) is 21.4. The first kappa shape index (κ1) is 21.4. The highest BCUT2D eigenvalue weighted by Gasteiger charge is 2.41. The third kappa shape index (κ3) is 2.89. The van der Waals surface area contributed by atoms with E-state index in [1.54, 1.807) is 11.1 Å². The Morgan fingerprint density at radius 3 is 1.76 bits per heavy atom. The van der Waals surface area contributed by atoms with Crippen LogP contribution < -0.4 is 5.73 Å². The first-order chi connectivity index (χ1) is 18.2. The fourth-order valence-corrected chi connectivity index (χ4v) is 8.48. The lowest BCUT2D eigenvalue weighted by atomic mass is 9.84. The van der Waals surface area contributed by atoms with E-state index in [-0.39, 0.29) is 0 Å². The summed E-state index contributed by atoms with van der Waals surface area (Å²) >= 11 is 0. The minimum Gasteiger partial charge on any atom is -0.398 e. The summed E-state index contributed by atoms with van der Waals surface area (Å²) in [4.78, 5) is 16.1. The minimum absolute atomic E-state index is 0.567. The van der Waals surface area contributed by atoms with Crippen molar-refractivity contribution < 1.29 is 4.79 Å². The first-order valence-electron chi connectivity index (χ1n) is 13.8. The molecule has 4 atom stereocenters. The molecule has 1 heterocycles. The van der Waals surface area contributed by atoms with Crippen molar-refractivity contribution in [3.05, 3.63) is 94.7 Å². The number of nitrogen functional groups attached to an aromatic ring is 1. The van der Waals surface area contributed by atoms with Crippen LogP contribution in [0.25, 0.3) is 32.4 Å². The fourth-order valence-electron chi connectivity index (χ4n) is 8.48. The van der Waals surface area contributed by atoms with E-state index in [0.29, 0.717) is 17.5 Å².